The van der Waals surface area contributed by atoms with E-state index in [-0.39, 0.29) is 48.0 Å². The number of nitrogens with zero attached hydrogens (tertiary/aromatic N) is 4. The highest BCUT2D eigenvalue weighted by Gasteiger charge is 2.39. The van der Waals surface area contributed by atoms with E-state index in [9.17, 15) is 14.4 Å². The van der Waals surface area contributed by atoms with Crippen LogP contribution in [0.4, 0.5) is 0 Å². The number of fused-ring (bicyclic) bond motifs is 1. The van der Waals surface area contributed by atoms with Crippen LogP contribution in [0.15, 0.2) is 44.4 Å². The molecule has 1 aliphatic rings. The van der Waals surface area contributed by atoms with Crippen LogP contribution >= 0.6 is 11.6 Å². The van der Waals surface area contributed by atoms with E-state index in [1.54, 1.807) is 0 Å². The molecule has 11 heteroatoms. The number of halogens is 1. The first-order valence-electron chi connectivity index (χ1n) is 11.5. The van der Waals surface area contributed by atoms with E-state index in [0.717, 1.165) is 10.1 Å². The summed E-state index contributed by atoms with van der Waals surface area (Å²) in [6.07, 6.45) is 0.242. The van der Waals surface area contributed by atoms with Crippen LogP contribution in [0.3, 0.4) is 0 Å². The summed E-state index contributed by atoms with van der Waals surface area (Å²) in [4.78, 5) is 41.5. The Bertz CT molecular complexity index is 1370. The third-order valence-corrected chi connectivity index (χ3v) is 11.5. The van der Waals surface area contributed by atoms with Gasteiger partial charge in [0.05, 0.1) is 11.8 Å². The minimum absolute atomic E-state index is 0.00159. The summed E-state index contributed by atoms with van der Waals surface area (Å²) in [7, 11) is -2.14. The molecular weight excluding hydrogens is 488 g/mol. The number of carbonyl (C=O) groups excluding carboxylic acids is 1. The van der Waals surface area contributed by atoms with Gasteiger partial charge in [-0.25, -0.2) is 4.79 Å². The fourth-order valence-electron chi connectivity index (χ4n) is 3.73. The van der Waals surface area contributed by atoms with Crippen molar-refractivity contribution < 1.29 is 13.7 Å². The number of aromatic nitrogens is 4. The minimum atomic E-state index is -2.14. The second kappa shape index (κ2) is 9.33. The highest BCUT2D eigenvalue weighted by atomic mass is 35.5. The number of rotatable bonds is 7. The van der Waals surface area contributed by atoms with E-state index in [2.05, 4.69) is 44.0 Å². The monoisotopic (exact) mass is 516 g/mol. The van der Waals surface area contributed by atoms with Gasteiger partial charge in [-0.1, -0.05) is 49.7 Å². The number of hydrogen-bond donors (Lipinski definition) is 0. The molecule has 0 fully saturated rings. The number of benzene rings is 1. The SMILES string of the molecule is CC(C)(C)[Si](C)(C)O[C@@H](Cc1noc(Cn2c(=O)cc3n(c2=O)CCC3=O)n1)c1ccc(Cl)cc1. The molecule has 2 aromatic heterocycles. The van der Waals surface area contributed by atoms with Crippen molar-refractivity contribution in [2.45, 2.75) is 70.9 Å². The molecule has 0 unspecified atom stereocenters. The zero-order valence-corrected chi connectivity index (χ0v) is 22.3. The molecule has 0 bridgehead atoms. The molecule has 4 rings (SSSR count). The smallest absolute Gasteiger partial charge is 0.332 e. The first-order valence-corrected chi connectivity index (χ1v) is 14.8. The van der Waals surface area contributed by atoms with Crippen molar-refractivity contribution in [1.82, 2.24) is 19.3 Å². The quantitative estimate of drug-likeness (QED) is 0.437. The van der Waals surface area contributed by atoms with Crippen LogP contribution in [-0.4, -0.2) is 33.4 Å². The first-order chi connectivity index (χ1) is 16.4. The molecule has 186 valence electrons. The molecule has 35 heavy (non-hydrogen) atoms. The second-order valence-electron chi connectivity index (χ2n) is 10.3. The van der Waals surface area contributed by atoms with Crippen molar-refractivity contribution in [1.29, 1.82) is 0 Å². The molecule has 1 aromatic carbocycles. The zero-order chi connectivity index (χ0) is 25.5. The number of hydrogen-bond acceptors (Lipinski definition) is 7. The topological polar surface area (TPSA) is 109 Å². The summed E-state index contributed by atoms with van der Waals surface area (Å²) >= 11 is 6.09. The molecule has 9 nitrogen and oxygen atoms in total. The van der Waals surface area contributed by atoms with Gasteiger partial charge in [-0.05, 0) is 35.8 Å². The van der Waals surface area contributed by atoms with Crippen LogP contribution < -0.4 is 11.2 Å². The Hall–Kier alpha value is -2.82. The number of Topliss-reactive ketones (excluding diaryl/α,β-unsaturated/α-hetero) is 1. The summed E-state index contributed by atoms with van der Waals surface area (Å²) in [5, 5.41) is 4.71. The number of ketones is 1. The van der Waals surface area contributed by atoms with Crippen LogP contribution in [-0.2, 0) is 23.9 Å². The lowest BCUT2D eigenvalue weighted by molar-refractivity contribution is 0.0994. The summed E-state index contributed by atoms with van der Waals surface area (Å²) in [5.41, 5.74) is -0.0330. The maximum Gasteiger partial charge on any atom is 0.332 e. The Morgan fingerprint density at radius 1 is 1.17 bits per heavy atom. The van der Waals surface area contributed by atoms with Crippen molar-refractivity contribution in [2.75, 3.05) is 0 Å². The van der Waals surface area contributed by atoms with Crippen molar-refractivity contribution in [2.24, 2.45) is 0 Å². The van der Waals surface area contributed by atoms with Gasteiger partial charge in [0.2, 0.25) is 5.89 Å². The number of carbonyl (C=O) groups is 1. The van der Waals surface area contributed by atoms with E-state index in [0.29, 0.717) is 17.3 Å². The van der Waals surface area contributed by atoms with Crippen molar-refractivity contribution in [3.8, 4) is 0 Å². The third kappa shape index (κ3) is 5.24. The Balaban J connectivity index is 1.59. The van der Waals surface area contributed by atoms with Gasteiger partial charge < -0.3 is 8.95 Å². The van der Waals surface area contributed by atoms with E-state index in [4.69, 9.17) is 20.6 Å². The largest absolute Gasteiger partial charge is 0.409 e. The molecule has 0 aliphatic carbocycles. The molecule has 3 heterocycles. The summed E-state index contributed by atoms with van der Waals surface area (Å²) in [6.45, 7) is 11.0. The Morgan fingerprint density at radius 2 is 1.86 bits per heavy atom. The molecule has 0 amide bonds. The highest BCUT2D eigenvalue weighted by molar-refractivity contribution is 6.74. The highest BCUT2D eigenvalue weighted by Crippen LogP contribution is 2.40. The predicted molar refractivity (Wildman–Crippen MR) is 133 cm³/mol. The predicted octanol–water partition coefficient (Wildman–Crippen LogP) is 3.99. The van der Waals surface area contributed by atoms with Crippen LogP contribution in [0.25, 0.3) is 0 Å². The van der Waals surface area contributed by atoms with Crippen molar-refractivity contribution in [3.63, 3.8) is 0 Å². The summed E-state index contributed by atoms with van der Waals surface area (Å²) in [6, 6.07) is 8.68. The van der Waals surface area contributed by atoms with Gasteiger partial charge in [0.15, 0.2) is 19.9 Å². The molecule has 0 saturated carbocycles. The van der Waals surface area contributed by atoms with Crippen LogP contribution in [0.1, 0.15) is 61.1 Å². The van der Waals surface area contributed by atoms with Gasteiger partial charge in [-0.3, -0.25) is 18.7 Å². The third-order valence-electron chi connectivity index (χ3n) is 6.78. The standard InChI is InChI=1S/C24H29ClN4O5Si/c1-24(2,3)35(4,5)34-19(15-6-8-16(25)9-7-15)13-20-26-21(33-27-20)14-29-22(31)12-17-18(30)10-11-28(17)23(29)32/h6-9,12,19H,10-11,13-14H2,1-5H3/t19-/m0/s1. The fraction of sp³-hybridized carbons (Fsp3) is 0.458. The molecule has 1 atom stereocenters. The molecule has 0 N–H and O–H groups in total. The average molecular weight is 517 g/mol. The molecular formula is C24H29ClN4O5Si. The van der Waals surface area contributed by atoms with Gasteiger partial charge in [0.1, 0.15) is 6.54 Å². The first kappa shape index (κ1) is 25.3. The van der Waals surface area contributed by atoms with Gasteiger partial charge in [-0.15, -0.1) is 0 Å². The van der Waals surface area contributed by atoms with Crippen LogP contribution in [0, 0.1) is 0 Å². The Labute approximate surface area is 208 Å². The Kier molecular flexibility index (Phi) is 6.73. The van der Waals surface area contributed by atoms with Crippen molar-refractivity contribution >= 4 is 25.7 Å². The lowest BCUT2D eigenvalue weighted by Gasteiger charge is -2.39. The van der Waals surface area contributed by atoms with E-state index in [1.165, 1.54) is 10.6 Å². The lowest BCUT2D eigenvalue weighted by Crippen LogP contribution is -2.42. The fourth-order valence-corrected chi connectivity index (χ4v) is 5.14. The Morgan fingerprint density at radius 3 is 2.51 bits per heavy atom. The molecule has 1 aliphatic heterocycles. The van der Waals surface area contributed by atoms with Gasteiger partial charge in [0.25, 0.3) is 5.56 Å². The molecule has 0 radical (unpaired) electrons. The van der Waals surface area contributed by atoms with E-state index >= 15 is 0 Å². The normalized spacial score (nSPS) is 14.9. The van der Waals surface area contributed by atoms with Gasteiger partial charge in [-0.2, -0.15) is 4.98 Å². The second-order valence-corrected chi connectivity index (χ2v) is 15.5. The maximum atomic E-state index is 12.7. The van der Waals surface area contributed by atoms with Crippen LogP contribution in [0.2, 0.25) is 23.2 Å². The van der Waals surface area contributed by atoms with E-state index in [1.807, 2.05) is 24.3 Å². The molecule has 0 saturated heterocycles. The minimum Gasteiger partial charge on any atom is -0.409 e. The molecule has 0 spiro atoms. The van der Waals surface area contributed by atoms with E-state index < -0.39 is 19.6 Å². The summed E-state index contributed by atoms with van der Waals surface area (Å²) < 4.78 is 14.4. The molecule has 3 aromatic rings. The van der Waals surface area contributed by atoms with Gasteiger partial charge >= 0.3 is 5.69 Å². The van der Waals surface area contributed by atoms with Crippen LogP contribution in [0.5, 0.6) is 0 Å². The maximum absolute atomic E-state index is 12.7. The lowest BCUT2D eigenvalue weighted by atomic mass is 10.1. The average Bonchev–Trinajstić information content (AvgIpc) is 3.37. The van der Waals surface area contributed by atoms with Crippen molar-refractivity contribution in [3.05, 3.63) is 79.2 Å². The zero-order valence-electron chi connectivity index (χ0n) is 20.5. The summed E-state index contributed by atoms with van der Waals surface area (Å²) in [5.74, 6) is 0.329. The van der Waals surface area contributed by atoms with Gasteiger partial charge in [0, 0.05) is 30.5 Å².